The molecule has 1 aliphatic heterocycles. The zero-order chi connectivity index (χ0) is 25.2. The second kappa shape index (κ2) is 10.0. The average Bonchev–Trinajstić information content (AvgIpc) is 3.06. The minimum absolute atomic E-state index is 0.0276. The Balaban J connectivity index is 1.79. The fourth-order valence-electron chi connectivity index (χ4n) is 3.66. The van der Waals surface area contributed by atoms with Crippen molar-refractivity contribution in [3.63, 3.8) is 0 Å². The highest BCUT2D eigenvalue weighted by Crippen LogP contribution is 2.38. The quantitative estimate of drug-likeness (QED) is 0.596. The molecular formula is C23H27N3O6S2. The van der Waals surface area contributed by atoms with Crippen LogP contribution in [0.2, 0.25) is 0 Å². The summed E-state index contributed by atoms with van der Waals surface area (Å²) in [5.74, 6) is -0.185. The van der Waals surface area contributed by atoms with E-state index < -0.39 is 22.4 Å². The summed E-state index contributed by atoms with van der Waals surface area (Å²) in [6.45, 7) is 7.55. The van der Waals surface area contributed by atoms with Gasteiger partial charge < -0.3 is 19.7 Å². The van der Waals surface area contributed by atoms with Crippen molar-refractivity contribution in [2.24, 2.45) is 0 Å². The van der Waals surface area contributed by atoms with Crippen molar-refractivity contribution < 1.29 is 27.5 Å². The Labute approximate surface area is 204 Å². The number of anilines is 1. The fourth-order valence-corrected chi connectivity index (χ4v) is 5.49. The van der Waals surface area contributed by atoms with Crippen molar-refractivity contribution in [2.75, 3.05) is 12.4 Å². The van der Waals surface area contributed by atoms with Gasteiger partial charge in [0.1, 0.15) is 27.3 Å². The van der Waals surface area contributed by atoms with Gasteiger partial charge in [0.15, 0.2) is 10.7 Å². The SMILES string of the molecule is COc1cc(CC(=O)Nc2sc3c(c2C#N)CN(C(=O)OC(C)(C)C)C(C)C3)ccc1[SH](=O)=O. The van der Waals surface area contributed by atoms with E-state index in [4.69, 9.17) is 9.47 Å². The molecule has 1 atom stereocenters. The molecule has 0 bridgehead atoms. The Morgan fingerprint density at radius 2 is 2.03 bits per heavy atom. The average molecular weight is 506 g/mol. The summed E-state index contributed by atoms with van der Waals surface area (Å²) in [6, 6.07) is 6.49. The lowest BCUT2D eigenvalue weighted by atomic mass is 10.0. The maximum atomic E-state index is 12.7. The molecule has 1 aromatic carbocycles. The molecule has 0 fully saturated rings. The fraction of sp³-hybridized carbons (Fsp3) is 0.435. The third-order valence-corrected chi connectivity index (χ3v) is 7.16. The van der Waals surface area contributed by atoms with Gasteiger partial charge in [-0.25, -0.2) is 13.2 Å². The van der Waals surface area contributed by atoms with Gasteiger partial charge in [-0.1, -0.05) is 6.07 Å². The number of carbonyl (C=O) groups excluding carboxylic acids is 2. The summed E-state index contributed by atoms with van der Waals surface area (Å²) in [4.78, 5) is 28.0. The number of methoxy groups -OCH3 is 1. The van der Waals surface area contributed by atoms with E-state index >= 15 is 0 Å². The number of fused-ring (bicyclic) bond motifs is 1. The number of thiophene rings is 1. The van der Waals surface area contributed by atoms with Crippen LogP contribution in [-0.4, -0.2) is 44.1 Å². The Morgan fingerprint density at radius 3 is 2.62 bits per heavy atom. The monoisotopic (exact) mass is 505 g/mol. The van der Waals surface area contributed by atoms with Gasteiger partial charge in [-0.2, -0.15) is 5.26 Å². The van der Waals surface area contributed by atoms with E-state index in [0.717, 1.165) is 10.4 Å². The number of hydrogen-bond donors (Lipinski definition) is 2. The third-order valence-electron chi connectivity index (χ3n) is 5.23. The van der Waals surface area contributed by atoms with Crippen LogP contribution in [-0.2, 0) is 39.6 Å². The molecule has 1 N–H and O–H groups in total. The molecule has 0 saturated heterocycles. The van der Waals surface area contributed by atoms with Crippen LogP contribution in [0.4, 0.5) is 9.80 Å². The molecule has 1 aromatic heterocycles. The summed E-state index contributed by atoms with van der Waals surface area (Å²) < 4.78 is 33.2. The molecule has 1 unspecified atom stereocenters. The van der Waals surface area contributed by atoms with Crippen LogP contribution in [0.25, 0.3) is 0 Å². The van der Waals surface area contributed by atoms with E-state index in [9.17, 15) is 23.3 Å². The normalized spacial score (nSPS) is 15.4. The van der Waals surface area contributed by atoms with Crippen molar-refractivity contribution in [1.82, 2.24) is 4.90 Å². The number of hydrogen-bond acceptors (Lipinski definition) is 8. The number of nitrogens with zero attached hydrogens (tertiary/aromatic N) is 2. The molecule has 2 heterocycles. The first-order chi connectivity index (χ1) is 15.9. The highest BCUT2D eigenvalue weighted by Gasteiger charge is 2.34. The molecular weight excluding hydrogens is 478 g/mol. The van der Waals surface area contributed by atoms with Gasteiger partial charge in [0.25, 0.3) is 0 Å². The van der Waals surface area contributed by atoms with Crippen LogP contribution in [0.5, 0.6) is 5.75 Å². The summed E-state index contributed by atoms with van der Waals surface area (Å²) in [5, 5.41) is 13.0. The lowest BCUT2D eigenvalue weighted by molar-refractivity contribution is -0.115. The first-order valence-corrected chi connectivity index (χ1v) is 12.6. The van der Waals surface area contributed by atoms with Gasteiger partial charge in [0.05, 0.1) is 25.6 Å². The number of carbonyl (C=O) groups is 2. The van der Waals surface area contributed by atoms with Crippen molar-refractivity contribution in [1.29, 1.82) is 5.26 Å². The summed E-state index contributed by atoms with van der Waals surface area (Å²) in [6.07, 6.45) is 0.0826. The van der Waals surface area contributed by atoms with E-state index in [-0.39, 0.29) is 35.6 Å². The Bertz CT molecular complexity index is 1230. The topological polar surface area (TPSA) is 126 Å². The maximum Gasteiger partial charge on any atom is 0.410 e. The van der Waals surface area contributed by atoms with Crippen molar-refractivity contribution >= 4 is 39.0 Å². The summed E-state index contributed by atoms with van der Waals surface area (Å²) in [7, 11) is -1.46. The van der Waals surface area contributed by atoms with Gasteiger partial charge in [0.2, 0.25) is 5.91 Å². The van der Waals surface area contributed by atoms with Gasteiger partial charge in [-0.3, -0.25) is 4.79 Å². The van der Waals surface area contributed by atoms with E-state index in [1.165, 1.54) is 30.6 Å². The lowest BCUT2D eigenvalue weighted by Crippen LogP contribution is -2.44. The Hall–Kier alpha value is -3.10. The number of nitriles is 1. The van der Waals surface area contributed by atoms with Crippen LogP contribution in [0.15, 0.2) is 23.1 Å². The molecule has 11 heteroatoms. The number of thiol groups is 1. The highest BCUT2D eigenvalue weighted by atomic mass is 32.2. The summed E-state index contributed by atoms with van der Waals surface area (Å²) >= 11 is 1.33. The van der Waals surface area contributed by atoms with Gasteiger partial charge in [-0.15, -0.1) is 11.3 Å². The summed E-state index contributed by atoms with van der Waals surface area (Å²) in [5.41, 5.74) is 0.995. The van der Waals surface area contributed by atoms with Crippen LogP contribution >= 0.6 is 11.3 Å². The molecule has 2 amide bonds. The van der Waals surface area contributed by atoms with Crippen LogP contribution in [0.3, 0.4) is 0 Å². The molecule has 9 nitrogen and oxygen atoms in total. The third kappa shape index (κ3) is 5.69. The molecule has 34 heavy (non-hydrogen) atoms. The van der Waals surface area contributed by atoms with Gasteiger partial charge >= 0.3 is 6.09 Å². The smallest absolute Gasteiger partial charge is 0.410 e. The molecule has 0 aliphatic carbocycles. The minimum atomic E-state index is -2.82. The maximum absolute atomic E-state index is 12.7. The standard InChI is InChI=1S/C23H27N3O6S2/c1-13-8-18-16(12-26(13)22(28)32-23(2,3)4)15(11-24)21(33-18)25-20(27)10-14-6-7-19(34(29)30)17(9-14)31-5/h6-7,9,13,34H,8,10,12H2,1-5H3,(H,25,27). The molecule has 182 valence electrons. The molecule has 0 saturated carbocycles. The van der Waals surface area contributed by atoms with Crippen LogP contribution in [0.1, 0.15) is 49.3 Å². The molecule has 3 rings (SSSR count). The van der Waals surface area contributed by atoms with Gasteiger partial charge in [-0.05, 0) is 45.4 Å². The second-order valence-corrected chi connectivity index (χ2v) is 11.1. The Morgan fingerprint density at radius 1 is 1.32 bits per heavy atom. The van der Waals surface area contributed by atoms with Crippen LogP contribution in [0, 0.1) is 11.3 Å². The molecule has 0 spiro atoms. The van der Waals surface area contributed by atoms with Crippen molar-refractivity contribution in [3.05, 3.63) is 39.8 Å². The van der Waals surface area contributed by atoms with E-state index in [1.54, 1.807) is 31.7 Å². The predicted molar refractivity (Wildman–Crippen MR) is 128 cm³/mol. The predicted octanol–water partition coefficient (Wildman–Crippen LogP) is 3.46. The first kappa shape index (κ1) is 25.5. The highest BCUT2D eigenvalue weighted by molar-refractivity contribution is 7.72. The van der Waals surface area contributed by atoms with E-state index in [1.807, 2.05) is 6.92 Å². The van der Waals surface area contributed by atoms with Crippen molar-refractivity contribution in [3.8, 4) is 11.8 Å². The molecule has 0 radical (unpaired) electrons. The van der Waals surface area contributed by atoms with Crippen LogP contribution < -0.4 is 10.1 Å². The molecule has 2 aromatic rings. The first-order valence-electron chi connectivity index (χ1n) is 10.6. The zero-order valence-electron chi connectivity index (χ0n) is 19.6. The van der Waals surface area contributed by atoms with Crippen molar-refractivity contribution in [2.45, 2.75) is 63.6 Å². The number of benzene rings is 1. The number of nitrogens with one attached hydrogen (secondary N) is 1. The minimum Gasteiger partial charge on any atom is -0.495 e. The number of rotatable bonds is 5. The lowest BCUT2D eigenvalue weighted by Gasteiger charge is -2.34. The zero-order valence-corrected chi connectivity index (χ0v) is 21.3. The number of ether oxygens (including phenoxy) is 2. The Kier molecular flexibility index (Phi) is 7.53. The van der Waals surface area contributed by atoms with Gasteiger partial charge in [0, 0.05) is 22.9 Å². The molecule has 1 aliphatic rings. The van der Waals surface area contributed by atoms with E-state index in [2.05, 4.69) is 11.4 Å². The second-order valence-electron chi connectivity index (χ2n) is 8.97. The largest absolute Gasteiger partial charge is 0.495 e. The van der Waals surface area contributed by atoms with E-state index in [0.29, 0.717) is 22.5 Å². The number of amides is 2.